The van der Waals surface area contributed by atoms with E-state index in [0.29, 0.717) is 13.6 Å². The predicted molar refractivity (Wildman–Crippen MR) is 72.8 cm³/mol. The molecular formula is C14H11BrO4. The van der Waals surface area contributed by atoms with E-state index in [1.54, 1.807) is 0 Å². The first-order valence-electron chi connectivity index (χ1n) is 5.73. The molecule has 0 radical (unpaired) electrons. The van der Waals surface area contributed by atoms with E-state index in [-0.39, 0.29) is 0 Å². The van der Waals surface area contributed by atoms with Crippen molar-refractivity contribution in [2.75, 3.05) is 13.6 Å². The zero-order chi connectivity index (χ0) is 13.1. The monoisotopic (exact) mass is 322 g/mol. The van der Waals surface area contributed by atoms with Gasteiger partial charge in [0.25, 0.3) is 0 Å². The second kappa shape index (κ2) is 5.40. The number of benzene rings is 2. The van der Waals surface area contributed by atoms with Gasteiger partial charge in [-0.3, -0.25) is 0 Å². The number of para-hydroxylation sites is 2. The Bertz CT molecular complexity index is 562. The average molecular weight is 323 g/mol. The highest BCUT2D eigenvalue weighted by Crippen LogP contribution is 2.34. The van der Waals surface area contributed by atoms with Crippen molar-refractivity contribution in [1.29, 1.82) is 0 Å². The van der Waals surface area contributed by atoms with Crippen molar-refractivity contribution in [1.82, 2.24) is 0 Å². The number of fused-ring (bicyclic) bond motifs is 2. The summed E-state index contributed by atoms with van der Waals surface area (Å²) in [4.78, 5) is 0. The van der Waals surface area contributed by atoms with Gasteiger partial charge in [-0.15, -0.1) is 0 Å². The molecule has 0 aromatic heterocycles. The lowest BCUT2D eigenvalue weighted by atomic mass is 10.3. The first-order chi connectivity index (χ1) is 9.33. The molecule has 4 nitrogen and oxygen atoms in total. The fraction of sp³-hybridized carbons (Fsp3) is 0.143. The van der Waals surface area contributed by atoms with Crippen LogP contribution in [0.4, 0.5) is 0 Å². The van der Waals surface area contributed by atoms with Crippen molar-refractivity contribution < 1.29 is 18.9 Å². The summed E-state index contributed by atoms with van der Waals surface area (Å²) < 4.78 is 21.4. The van der Waals surface area contributed by atoms with Crippen LogP contribution in [0, 0.1) is 0 Å². The van der Waals surface area contributed by atoms with Gasteiger partial charge in [-0.2, -0.15) is 0 Å². The lowest BCUT2D eigenvalue weighted by Gasteiger charge is -1.93. The molecule has 0 saturated carbocycles. The van der Waals surface area contributed by atoms with Gasteiger partial charge in [-0.1, -0.05) is 28.1 Å². The fourth-order valence-electron chi connectivity index (χ4n) is 1.72. The third kappa shape index (κ3) is 2.76. The summed E-state index contributed by atoms with van der Waals surface area (Å²) in [5, 5.41) is 0. The van der Waals surface area contributed by atoms with Crippen molar-refractivity contribution in [3.8, 4) is 23.0 Å². The summed E-state index contributed by atoms with van der Waals surface area (Å²) >= 11 is 3.33. The molecule has 0 fully saturated rings. The van der Waals surface area contributed by atoms with Crippen LogP contribution in [-0.2, 0) is 0 Å². The Labute approximate surface area is 119 Å². The van der Waals surface area contributed by atoms with E-state index in [1.165, 1.54) is 0 Å². The van der Waals surface area contributed by atoms with Crippen LogP contribution in [0.1, 0.15) is 0 Å². The van der Waals surface area contributed by atoms with Gasteiger partial charge in [0.1, 0.15) is 0 Å². The lowest BCUT2D eigenvalue weighted by Crippen LogP contribution is -1.92. The molecule has 19 heavy (non-hydrogen) atoms. The Hall–Kier alpha value is -1.88. The summed E-state index contributed by atoms with van der Waals surface area (Å²) in [6.07, 6.45) is 0. The highest BCUT2D eigenvalue weighted by atomic mass is 79.9. The summed E-state index contributed by atoms with van der Waals surface area (Å²) in [7, 11) is 0. The zero-order valence-corrected chi connectivity index (χ0v) is 11.6. The highest BCUT2D eigenvalue weighted by molar-refractivity contribution is 9.10. The van der Waals surface area contributed by atoms with E-state index in [4.69, 9.17) is 18.9 Å². The molecule has 0 unspecified atom stereocenters. The lowest BCUT2D eigenvalue weighted by molar-refractivity contribution is 0.173. The topological polar surface area (TPSA) is 36.9 Å². The molecule has 2 aromatic carbocycles. The van der Waals surface area contributed by atoms with Gasteiger partial charge in [0, 0.05) is 4.47 Å². The van der Waals surface area contributed by atoms with Gasteiger partial charge in [0.15, 0.2) is 23.0 Å². The normalized spacial score (nSPS) is 13.7. The molecule has 0 amide bonds. The van der Waals surface area contributed by atoms with Crippen molar-refractivity contribution in [2.24, 2.45) is 0 Å². The van der Waals surface area contributed by atoms with Crippen LogP contribution in [0.25, 0.3) is 0 Å². The molecule has 0 atom stereocenters. The Balaban J connectivity index is 0.000000117. The van der Waals surface area contributed by atoms with Crippen molar-refractivity contribution in [3.05, 3.63) is 46.9 Å². The molecule has 0 N–H and O–H groups in total. The average Bonchev–Trinajstić information content (AvgIpc) is 3.07. The van der Waals surface area contributed by atoms with Crippen molar-refractivity contribution in [2.45, 2.75) is 0 Å². The van der Waals surface area contributed by atoms with E-state index in [9.17, 15) is 0 Å². The number of halogens is 1. The van der Waals surface area contributed by atoms with E-state index in [2.05, 4.69) is 15.9 Å². The molecule has 98 valence electrons. The van der Waals surface area contributed by atoms with Crippen LogP contribution in [0.15, 0.2) is 46.9 Å². The maximum Gasteiger partial charge on any atom is 0.231 e. The minimum absolute atomic E-state index is 0.339. The summed E-state index contributed by atoms with van der Waals surface area (Å²) in [6, 6.07) is 13.3. The summed E-state index contributed by atoms with van der Waals surface area (Å²) in [5.74, 6) is 3.33. The minimum Gasteiger partial charge on any atom is -0.454 e. The predicted octanol–water partition coefficient (Wildman–Crippen LogP) is 3.59. The SMILES string of the molecule is Brc1ccc2c(c1)OCO2.c1ccc2c(c1)OCO2. The maximum absolute atomic E-state index is 5.13. The molecule has 0 aliphatic carbocycles. The second-order valence-corrected chi connectivity index (χ2v) is 4.77. The van der Waals surface area contributed by atoms with E-state index < -0.39 is 0 Å². The van der Waals surface area contributed by atoms with Crippen LogP contribution in [0.3, 0.4) is 0 Å². The van der Waals surface area contributed by atoms with Crippen LogP contribution in [0.5, 0.6) is 23.0 Å². The summed E-state index contributed by atoms with van der Waals surface area (Å²) in [6.45, 7) is 0.700. The molecule has 5 heteroatoms. The van der Waals surface area contributed by atoms with Gasteiger partial charge in [-0.05, 0) is 30.3 Å². The maximum atomic E-state index is 5.13. The van der Waals surface area contributed by atoms with Gasteiger partial charge in [0.05, 0.1) is 0 Å². The molecule has 4 rings (SSSR count). The number of hydrogen-bond acceptors (Lipinski definition) is 4. The molecule has 0 spiro atoms. The van der Waals surface area contributed by atoms with E-state index in [0.717, 1.165) is 27.5 Å². The molecule has 2 aliphatic heterocycles. The third-order valence-electron chi connectivity index (χ3n) is 2.61. The van der Waals surface area contributed by atoms with Gasteiger partial charge in [0.2, 0.25) is 13.6 Å². The van der Waals surface area contributed by atoms with Crippen LogP contribution < -0.4 is 18.9 Å². The molecule has 0 bridgehead atoms. The van der Waals surface area contributed by atoms with Gasteiger partial charge < -0.3 is 18.9 Å². The van der Waals surface area contributed by atoms with Gasteiger partial charge >= 0.3 is 0 Å². The molecule has 2 aliphatic rings. The second-order valence-electron chi connectivity index (χ2n) is 3.85. The molecule has 2 aromatic rings. The molecule has 2 heterocycles. The quantitative estimate of drug-likeness (QED) is 0.742. The first-order valence-corrected chi connectivity index (χ1v) is 6.52. The Morgan fingerprint density at radius 1 is 0.684 bits per heavy atom. The minimum atomic E-state index is 0.339. The summed E-state index contributed by atoms with van der Waals surface area (Å²) in [5.41, 5.74) is 0. The van der Waals surface area contributed by atoms with Gasteiger partial charge in [-0.25, -0.2) is 0 Å². The van der Waals surface area contributed by atoms with Crippen molar-refractivity contribution >= 4 is 15.9 Å². The molecular weight excluding hydrogens is 312 g/mol. The number of rotatable bonds is 0. The van der Waals surface area contributed by atoms with Crippen LogP contribution >= 0.6 is 15.9 Å². The third-order valence-corrected chi connectivity index (χ3v) is 3.11. The Morgan fingerprint density at radius 2 is 1.21 bits per heavy atom. The Morgan fingerprint density at radius 3 is 1.84 bits per heavy atom. The van der Waals surface area contributed by atoms with Crippen LogP contribution in [-0.4, -0.2) is 13.6 Å². The standard InChI is InChI=1S/C7H5BrO2.C7H6O2/c8-5-1-2-6-7(3-5)10-4-9-6;1-2-4-7-6(3-1)8-5-9-7/h1-3H,4H2;1-4H,5H2. The largest absolute Gasteiger partial charge is 0.454 e. The zero-order valence-electron chi connectivity index (χ0n) is 9.97. The highest BCUT2D eigenvalue weighted by Gasteiger charge is 2.11. The Kier molecular flexibility index (Phi) is 3.46. The number of hydrogen-bond donors (Lipinski definition) is 0. The van der Waals surface area contributed by atoms with E-state index >= 15 is 0 Å². The fourth-order valence-corrected chi connectivity index (χ4v) is 2.06. The first kappa shape index (κ1) is 12.2. The smallest absolute Gasteiger partial charge is 0.231 e. The van der Waals surface area contributed by atoms with Crippen molar-refractivity contribution in [3.63, 3.8) is 0 Å². The number of ether oxygens (including phenoxy) is 4. The van der Waals surface area contributed by atoms with E-state index in [1.807, 2.05) is 42.5 Å². The molecule has 0 saturated heterocycles. The van der Waals surface area contributed by atoms with Crippen LogP contribution in [0.2, 0.25) is 0 Å².